The highest BCUT2D eigenvalue weighted by molar-refractivity contribution is 7.99. The van der Waals surface area contributed by atoms with Crippen LogP contribution < -0.4 is 0 Å². The van der Waals surface area contributed by atoms with E-state index in [1.165, 1.54) is 6.07 Å². The van der Waals surface area contributed by atoms with Crippen molar-refractivity contribution in [3.8, 4) is 0 Å². The van der Waals surface area contributed by atoms with Crippen LogP contribution in [-0.2, 0) is 4.75 Å². The third-order valence-electron chi connectivity index (χ3n) is 4.03. The molecule has 0 radical (unpaired) electrons. The molecule has 3 nitrogen and oxygen atoms in total. The van der Waals surface area contributed by atoms with E-state index in [9.17, 15) is 18.0 Å². The summed E-state index contributed by atoms with van der Waals surface area (Å²) in [7, 11) is 0. The second-order valence-corrected chi connectivity index (χ2v) is 9.12. The van der Waals surface area contributed by atoms with Crippen LogP contribution in [0.2, 0.25) is 15.1 Å². The third-order valence-corrected chi connectivity index (χ3v) is 7.74. The van der Waals surface area contributed by atoms with E-state index in [0.29, 0.717) is 22.4 Å². The van der Waals surface area contributed by atoms with Crippen LogP contribution in [-0.4, -0.2) is 23.0 Å². The molecule has 1 unspecified atom stereocenters. The van der Waals surface area contributed by atoms with E-state index < -0.39 is 23.3 Å². The minimum absolute atomic E-state index is 0.0245. The van der Waals surface area contributed by atoms with Crippen LogP contribution in [0.1, 0.15) is 32.1 Å². The number of halogens is 6. The van der Waals surface area contributed by atoms with Crippen molar-refractivity contribution in [3.63, 3.8) is 0 Å². The predicted octanol–water partition coefficient (Wildman–Crippen LogP) is 7.01. The molecule has 11 heteroatoms. The lowest BCUT2D eigenvalue weighted by Crippen LogP contribution is -2.38. The molecule has 2 aromatic rings. The molecule has 144 valence electrons. The first kappa shape index (κ1) is 20.8. The van der Waals surface area contributed by atoms with Crippen molar-refractivity contribution < 1.29 is 23.1 Å². The number of nitrogens with zero attached hydrogens (tertiary/aromatic N) is 1. The number of thiophene rings is 1. The Kier molecular flexibility index (Phi) is 5.51. The summed E-state index contributed by atoms with van der Waals surface area (Å²) in [5.41, 5.74) is 0.474. The van der Waals surface area contributed by atoms with Crippen LogP contribution >= 0.6 is 58.1 Å². The Hall–Kier alpha value is -0.930. The number of aryl methyl sites for hydroxylation is 1. The Morgan fingerprint density at radius 3 is 2.30 bits per heavy atom. The molecule has 0 amide bonds. The Morgan fingerprint density at radius 2 is 1.81 bits per heavy atom. The SMILES string of the molecule is Cc1cc(C2=NSC(c3cc(Cl)c(Cl)c(Cl)c3)(C(F)(F)F)C2)sc1C(=O)O. The van der Waals surface area contributed by atoms with Crippen molar-refractivity contribution in [3.05, 3.63) is 54.1 Å². The number of hydrogen-bond acceptors (Lipinski definition) is 4. The fourth-order valence-electron chi connectivity index (χ4n) is 2.66. The molecular weight excluding hydrogens is 466 g/mol. The van der Waals surface area contributed by atoms with E-state index in [2.05, 4.69) is 4.40 Å². The highest BCUT2D eigenvalue weighted by Gasteiger charge is 2.60. The van der Waals surface area contributed by atoms with Gasteiger partial charge in [0.25, 0.3) is 0 Å². The lowest BCUT2D eigenvalue weighted by Gasteiger charge is -2.30. The largest absolute Gasteiger partial charge is 0.477 e. The van der Waals surface area contributed by atoms with Gasteiger partial charge in [0, 0.05) is 6.42 Å². The van der Waals surface area contributed by atoms with Crippen molar-refractivity contribution >= 4 is 69.8 Å². The average Bonchev–Trinajstić information content (AvgIpc) is 3.16. The Morgan fingerprint density at radius 1 is 1.22 bits per heavy atom. The summed E-state index contributed by atoms with van der Waals surface area (Å²) in [5, 5.41) is 8.97. The van der Waals surface area contributed by atoms with Crippen LogP contribution in [0.25, 0.3) is 0 Å². The van der Waals surface area contributed by atoms with Gasteiger partial charge in [0.2, 0.25) is 0 Å². The molecule has 1 aromatic carbocycles. The van der Waals surface area contributed by atoms with Gasteiger partial charge in [-0.05, 0) is 48.2 Å². The molecule has 0 aliphatic carbocycles. The number of benzene rings is 1. The van der Waals surface area contributed by atoms with Crippen LogP contribution in [0.5, 0.6) is 0 Å². The minimum Gasteiger partial charge on any atom is -0.477 e. The smallest absolute Gasteiger partial charge is 0.409 e. The van der Waals surface area contributed by atoms with Crippen LogP contribution in [0, 0.1) is 6.92 Å². The first-order chi connectivity index (χ1) is 12.5. The summed E-state index contributed by atoms with van der Waals surface area (Å²) in [6, 6.07) is 3.80. The van der Waals surface area contributed by atoms with Gasteiger partial charge in [-0.1, -0.05) is 34.8 Å². The average molecular weight is 475 g/mol. The van der Waals surface area contributed by atoms with E-state index in [1.54, 1.807) is 6.92 Å². The number of aromatic carboxylic acids is 1. The van der Waals surface area contributed by atoms with Crippen molar-refractivity contribution in [1.82, 2.24) is 0 Å². The Balaban J connectivity index is 2.06. The van der Waals surface area contributed by atoms with Gasteiger partial charge < -0.3 is 5.11 Å². The Bertz CT molecular complexity index is 951. The van der Waals surface area contributed by atoms with Gasteiger partial charge in [0.1, 0.15) is 4.88 Å². The quantitative estimate of drug-likeness (QED) is 0.384. The maximum atomic E-state index is 14.1. The molecule has 1 aliphatic rings. The summed E-state index contributed by atoms with van der Waals surface area (Å²) >= 11 is 19.0. The van der Waals surface area contributed by atoms with Gasteiger partial charge >= 0.3 is 12.1 Å². The number of alkyl halides is 3. The fourth-order valence-corrected chi connectivity index (χ4v) is 5.27. The molecule has 0 saturated heterocycles. The molecule has 1 atom stereocenters. The zero-order valence-corrected chi connectivity index (χ0v) is 17.2. The molecule has 1 N–H and O–H groups in total. The molecule has 2 heterocycles. The fraction of sp³-hybridized carbons (Fsp3) is 0.250. The standard InChI is InChI=1S/C16H9Cl3F3NO2S2/c1-6-2-11(26-13(6)14(24)25)10-5-15(27-23-10,16(20,21)22)7-3-8(17)12(19)9(18)4-7/h2-4H,5H2,1H3,(H,24,25). The van der Waals surface area contributed by atoms with Crippen LogP contribution in [0.3, 0.4) is 0 Å². The predicted molar refractivity (Wildman–Crippen MR) is 104 cm³/mol. The molecular formula is C16H9Cl3F3NO2S2. The maximum Gasteiger partial charge on any atom is 0.409 e. The summed E-state index contributed by atoms with van der Waals surface area (Å²) in [4.78, 5) is 11.7. The molecule has 1 aliphatic heterocycles. The lowest BCUT2D eigenvalue weighted by atomic mass is 9.91. The zero-order chi connectivity index (χ0) is 20.1. The minimum atomic E-state index is -4.66. The third kappa shape index (κ3) is 3.58. The molecule has 0 fully saturated rings. The second-order valence-electron chi connectivity index (χ2n) is 5.81. The number of carboxylic acid groups (broad SMARTS) is 1. The summed E-state index contributed by atoms with van der Waals surface area (Å²) < 4.78 is 43.8. The number of hydrogen-bond donors (Lipinski definition) is 1. The van der Waals surface area contributed by atoms with Crippen LogP contribution in [0.15, 0.2) is 22.6 Å². The summed E-state index contributed by atoms with van der Waals surface area (Å²) in [6.45, 7) is 1.59. The van der Waals surface area contributed by atoms with Crippen molar-refractivity contribution in [1.29, 1.82) is 0 Å². The Labute approximate surface area is 175 Å². The van der Waals surface area contributed by atoms with Gasteiger partial charge in [0.05, 0.1) is 25.7 Å². The van der Waals surface area contributed by atoms with Gasteiger partial charge in [-0.3, -0.25) is 0 Å². The monoisotopic (exact) mass is 473 g/mol. The highest BCUT2D eigenvalue weighted by atomic mass is 35.5. The first-order valence-electron chi connectivity index (χ1n) is 7.27. The van der Waals surface area contributed by atoms with Crippen molar-refractivity contribution in [2.45, 2.75) is 24.3 Å². The molecule has 1 aromatic heterocycles. The summed E-state index contributed by atoms with van der Waals surface area (Å²) in [5.74, 6) is -1.13. The van der Waals surface area contributed by atoms with Gasteiger partial charge in [-0.15, -0.1) is 11.3 Å². The molecule has 3 rings (SSSR count). The van der Waals surface area contributed by atoms with Gasteiger partial charge in [-0.2, -0.15) is 13.2 Å². The van der Waals surface area contributed by atoms with E-state index in [4.69, 9.17) is 39.9 Å². The van der Waals surface area contributed by atoms with Crippen LogP contribution in [0.4, 0.5) is 13.2 Å². The molecule has 0 saturated carbocycles. The molecule has 0 bridgehead atoms. The normalized spacial score (nSPS) is 20.0. The van der Waals surface area contributed by atoms with Crippen molar-refractivity contribution in [2.75, 3.05) is 0 Å². The molecule has 0 spiro atoms. The second kappa shape index (κ2) is 7.15. The van der Waals surface area contributed by atoms with Gasteiger partial charge in [-0.25, -0.2) is 9.19 Å². The number of carboxylic acids is 1. The summed E-state index contributed by atoms with van der Waals surface area (Å²) in [6.07, 6.45) is -5.14. The van der Waals surface area contributed by atoms with Gasteiger partial charge in [0.15, 0.2) is 4.75 Å². The van der Waals surface area contributed by atoms with E-state index in [-0.39, 0.29) is 31.2 Å². The van der Waals surface area contributed by atoms with E-state index >= 15 is 0 Å². The zero-order valence-electron chi connectivity index (χ0n) is 13.3. The highest BCUT2D eigenvalue weighted by Crippen LogP contribution is 2.57. The topological polar surface area (TPSA) is 49.7 Å². The number of rotatable bonds is 3. The lowest BCUT2D eigenvalue weighted by molar-refractivity contribution is -0.159. The van der Waals surface area contributed by atoms with Crippen molar-refractivity contribution in [2.24, 2.45) is 4.40 Å². The maximum absolute atomic E-state index is 14.1. The van der Waals surface area contributed by atoms with E-state index in [1.807, 2.05) is 0 Å². The van der Waals surface area contributed by atoms with E-state index in [0.717, 1.165) is 23.5 Å². The molecule has 27 heavy (non-hydrogen) atoms. The first-order valence-corrected chi connectivity index (χ1v) is 9.99. The number of carbonyl (C=O) groups is 1.